The second-order valence-electron chi connectivity index (χ2n) is 5.21. The van der Waals surface area contributed by atoms with E-state index in [0.29, 0.717) is 5.92 Å². The van der Waals surface area contributed by atoms with Gasteiger partial charge in [0.1, 0.15) is 11.5 Å². The highest BCUT2D eigenvalue weighted by atomic mass is 16.3. The number of hydrogen-bond acceptors (Lipinski definition) is 3. The van der Waals surface area contributed by atoms with E-state index in [1.165, 1.54) is 6.42 Å². The summed E-state index contributed by atoms with van der Waals surface area (Å²) in [6, 6.07) is 4.27. The molecule has 0 amide bonds. The SMILES string of the molecule is CCC(C)CN(C)C(c1ccc(C)o1)C(C)N. The molecule has 3 atom stereocenters. The molecule has 1 heterocycles. The predicted molar refractivity (Wildman–Crippen MR) is 71.9 cm³/mol. The molecule has 0 spiro atoms. The van der Waals surface area contributed by atoms with Crippen LogP contribution >= 0.6 is 0 Å². The van der Waals surface area contributed by atoms with E-state index in [1.807, 2.05) is 26.0 Å². The summed E-state index contributed by atoms with van der Waals surface area (Å²) < 4.78 is 5.72. The Morgan fingerprint density at radius 2 is 2.00 bits per heavy atom. The summed E-state index contributed by atoms with van der Waals surface area (Å²) >= 11 is 0. The molecular weight excluding hydrogens is 212 g/mol. The van der Waals surface area contributed by atoms with Crippen LogP contribution < -0.4 is 5.73 Å². The number of nitrogens with zero attached hydrogens (tertiary/aromatic N) is 1. The quantitative estimate of drug-likeness (QED) is 0.828. The first kappa shape index (κ1) is 14.3. The summed E-state index contributed by atoms with van der Waals surface area (Å²) in [5.41, 5.74) is 6.09. The first-order valence-electron chi connectivity index (χ1n) is 6.47. The van der Waals surface area contributed by atoms with Crippen LogP contribution in [0.25, 0.3) is 0 Å². The summed E-state index contributed by atoms with van der Waals surface area (Å²) in [6.07, 6.45) is 1.19. The van der Waals surface area contributed by atoms with Crippen molar-refractivity contribution in [3.05, 3.63) is 23.7 Å². The fourth-order valence-corrected chi connectivity index (χ4v) is 2.22. The standard InChI is InChI=1S/C14H26N2O/c1-6-10(2)9-16(5)14(12(4)15)13-8-7-11(3)17-13/h7-8,10,12,14H,6,9,15H2,1-5H3. The fourth-order valence-electron chi connectivity index (χ4n) is 2.22. The second-order valence-corrected chi connectivity index (χ2v) is 5.21. The van der Waals surface area contributed by atoms with E-state index in [0.717, 1.165) is 18.1 Å². The Morgan fingerprint density at radius 1 is 1.35 bits per heavy atom. The molecule has 0 radical (unpaired) electrons. The van der Waals surface area contributed by atoms with Crippen LogP contribution in [0.15, 0.2) is 16.5 Å². The molecule has 0 saturated heterocycles. The Balaban J connectivity index is 2.79. The van der Waals surface area contributed by atoms with Gasteiger partial charge in [0.2, 0.25) is 0 Å². The molecule has 0 aliphatic rings. The Morgan fingerprint density at radius 3 is 2.41 bits per heavy atom. The van der Waals surface area contributed by atoms with Crippen molar-refractivity contribution in [1.29, 1.82) is 0 Å². The van der Waals surface area contributed by atoms with Gasteiger partial charge in [0.15, 0.2) is 0 Å². The lowest BCUT2D eigenvalue weighted by Gasteiger charge is -2.31. The molecule has 1 rings (SSSR count). The summed E-state index contributed by atoms with van der Waals surface area (Å²) in [4.78, 5) is 2.30. The minimum Gasteiger partial charge on any atom is -0.465 e. The van der Waals surface area contributed by atoms with E-state index in [-0.39, 0.29) is 12.1 Å². The van der Waals surface area contributed by atoms with Crippen molar-refractivity contribution in [1.82, 2.24) is 4.90 Å². The van der Waals surface area contributed by atoms with E-state index >= 15 is 0 Å². The maximum absolute atomic E-state index is 6.09. The zero-order chi connectivity index (χ0) is 13.0. The molecule has 3 heteroatoms. The van der Waals surface area contributed by atoms with Crippen LogP contribution in [-0.2, 0) is 0 Å². The zero-order valence-electron chi connectivity index (χ0n) is 11.7. The van der Waals surface area contributed by atoms with E-state index < -0.39 is 0 Å². The third-order valence-corrected chi connectivity index (χ3v) is 3.32. The molecule has 0 aromatic carbocycles. The third-order valence-electron chi connectivity index (χ3n) is 3.32. The summed E-state index contributed by atoms with van der Waals surface area (Å²) in [5.74, 6) is 2.60. The van der Waals surface area contributed by atoms with Crippen molar-refractivity contribution in [3.8, 4) is 0 Å². The lowest BCUT2D eigenvalue weighted by atomic mass is 10.0. The molecule has 0 bridgehead atoms. The van der Waals surface area contributed by atoms with Gasteiger partial charge in [0, 0.05) is 12.6 Å². The van der Waals surface area contributed by atoms with Crippen molar-refractivity contribution in [3.63, 3.8) is 0 Å². The lowest BCUT2D eigenvalue weighted by molar-refractivity contribution is 0.167. The molecule has 0 aliphatic carbocycles. The first-order valence-corrected chi connectivity index (χ1v) is 6.47. The molecule has 1 aromatic heterocycles. The van der Waals surface area contributed by atoms with Crippen molar-refractivity contribution in [2.24, 2.45) is 11.7 Å². The monoisotopic (exact) mass is 238 g/mol. The van der Waals surface area contributed by atoms with Crippen LogP contribution in [0.2, 0.25) is 0 Å². The molecule has 3 unspecified atom stereocenters. The number of nitrogens with two attached hydrogens (primary N) is 1. The van der Waals surface area contributed by atoms with Crippen LogP contribution in [-0.4, -0.2) is 24.5 Å². The lowest BCUT2D eigenvalue weighted by Crippen LogP contribution is -2.39. The zero-order valence-corrected chi connectivity index (χ0v) is 11.7. The average Bonchev–Trinajstić information content (AvgIpc) is 2.64. The summed E-state index contributed by atoms with van der Waals surface area (Å²) in [6.45, 7) is 9.53. The number of hydrogen-bond donors (Lipinski definition) is 1. The number of aryl methyl sites for hydroxylation is 1. The highest BCUT2D eigenvalue weighted by Gasteiger charge is 2.24. The highest BCUT2D eigenvalue weighted by molar-refractivity contribution is 5.11. The minimum atomic E-state index is 0.0645. The average molecular weight is 238 g/mol. The van der Waals surface area contributed by atoms with Crippen LogP contribution in [0.3, 0.4) is 0 Å². The summed E-state index contributed by atoms with van der Waals surface area (Å²) in [7, 11) is 2.12. The number of likely N-dealkylation sites (N-methyl/N-ethyl adjacent to an activating group) is 1. The molecule has 1 aromatic rings. The second kappa shape index (κ2) is 6.22. The van der Waals surface area contributed by atoms with Crippen LogP contribution in [0, 0.1) is 12.8 Å². The van der Waals surface area contributed by atoms with Crippen molar-refractivity contribution >= 4 is 0 Å². The van der Waals surface area contributed by atoms with Gasteiger partial charge >= 0.3 is 0 Å². The van der Waals surface area contributed by atoms with Gasteiger partial charge in [0.05, 0.1) is 6.04 Å². The normalized spacial score (nSPS) is 17.1. The maximum Gasteiger partial charge on any atom is 0.122 e. The van der Waals surface area contributed by atoms with E-state index in [4.69, 9.17) is 10.2 Å². The van der Waals surface area contributed by atoms with Gasteiger partial charge in [-0.3, -0.25) is 4.90 Å². The Kier molecular flexibility index (Phi) is 5.22. The molecule has 0 aliphatic heterocycles. The van der Waals surface area contributed by atoms with Gasteiger partial charge in [-0.1, -0.05) is 20.3 Å². The molecule has 0 saturated carbocycles. The van der Waals surface area contributed by atoms with Gasteiger partial charge in [-0.25, -0.2) is 0 Å². The highest BCUT2D eigenvalue weighted by Crippen LogP contribution is 2.25. The molecule has 98 valence electrons. The van der Waals surface area contributed by atoms with Crippen molar-refractivity contribution in [2.45, 2.75) is 46.2 Å². The Bertz CT molecular complexity index is 333. The third kappa shape index (κ3) is 3.86. The summed E-state index contributed by atoms with van der Waals surface area (Å²) in [5, 5.41) is 0. The molecule has 3 nitrogen and oxygen atoms in total. The van der Waals surface area contributed by atoms with Crippen molar-refractivity contribution < 1.29 is 4.42 Å². The minimum absolute atomic E-state index is 0.0645. The molecular formula is C14H26N2O. The van der Waals surface area contributed by atoms with E-state index in [9.17, 15) is 0 Å². The fraction of sp³-hybridized carbons (Fsp3) is 0.714. The van der Waals surface area contributed by atoms with Crippen molar-refractivity contribution in [2.75, 3.05) is 13.6 Å². The van der Waals surface area contributed by atoms with Crippen LogP contribution in [0.1, 0.15) is 44.8 Å². The molecule has 2 N–H and O–H groups in total. The van der Waals surface area contributed by atoms with Gasteiger partial charge in [-0.2, -0.15) is 0 Å². The predicted octanol–water partition coefficient (Wildman–Crippen LogP) is 2.95. The van der Waals surface area contributed by atoms with Gasteiger partial charge in [-0.15, -0.1) is 0 Å². The van der Waals surface area contributed by atoms with E-state index in [2.05, 4.69) is 25.8 Å². The maximum atomic E-state index is 6.09. The largest absolute Gasteiger partial charge is 0.465 e. The molecule has 0 fully saturated rings. The molecule has 17 heavy (non-hydrogen) atoms. The van der Waals surface area contributed by atoms with Gasteiger partial charge in [-0.05, 0) is 38.9 Å². The topological polar surface area (TPSA) is 42.4 Å². The van der Waals surface area contributed by atoms with Crippen LogP contribution in [0.5, 0.6) is 0 Å². The first-order chi connectivity index (χ1) is 7.95. The van der Waals surface area contributed by atoms with E-state index in [1.54, 1.807) is 0 Å². The van der Waals surface area contributed by atoms with Gasteiger partial charge in [0.25, 0.3) is 0 Å². The van der Waals surface area contributed by atoms with Gasteiger partial charge < -0.3 is 10.2 Å². The van der Waals surface area contributed by atoms with Crippen LogP contribution in [0.4, 0.5) is 0 Å². The number of furan rings is 1. The Labute approximate surface area is 105 Å². The number of rotatable bonds is 6. The Hall–Kier alpha value is -0.800. The smallest absolute Gasteiger partial charge is 0.122 e.